The maximum absolute atomic E-state index is 11.2. The maximum atomic E-state index is 11.2. The summed E-state index contributed by atoms with van der Waals surface area (Å²) in [4.78, 5) is 13.1. The van der Waals surface area contributed by atoms with Gasteiger partial charge in [0.15, 0.2) is 0 Å². The number of nitrogens with one attached hydrogen (secondary N) is 2. The Bertz CT molecular complexity index is 342. The third kappa shape index (κ3) is 4.91. The summed E-state index contributed by atoms with van der Waals surface area (Å²) in [5, 5.41) is 2.56. The molecule has 0 aliphatic carbocycles. The van der Waals surface area contributed by atoms with Crippen molar-refractivity contribution < 1.29 is 13.2 Å². The van der Waals surface area contributed by atoms with Gasteiger partial charge in [-0.2, -0.15) is 0 Å². The van der Waals surface area contributed by atoms with E-state index < -0.39 is 10.0 Å². The average Bonchev–Trinajstić information content (AvgIpc) is 2.15. The molecule has 1 aliphatic heterocycles. The summed E-state index contributed by atoms with van der Waals surface area (Å²) in [6.07, 6.45) is 2.90. The van der Waals surface area contributed by atoms with Crippen molar-refractivity contribution >= 4 is 15.9 Å². The third-order valence-corrected chi connectivity index (χ3v) is 3.29. The molecular formula is C9H19N3O3S. The van der Waals surface area contributed by atoms with Crippen LogP contribution in [0.25, 0.3) is 0 Å². The number of piperidine rings is 1. The number of rotatable bonds is 4. The Morgan fingerprint density at radius 2 is 2.19 bits per heavy atom. The number of likely N-dealkylation sites (tertiary alicyclic amines) is 1. The van der Waals surface area contributed by atoms with Crippen LogP contribution in [0.15, 0.2) is 0 Å². The second kappa shape index (κ2) is 5.60. The first kappa shape index (κ1) is 13.4. The molecule has 0 saturated carbocycles. The van der Waals surface area contributed by atoms with E-state index in [0.717, 1.165) is 25.6 Å². The number of carbonyl (C=O) groups is 1. The smallest absolute Gasteiger partial charge is 0.233 e. The maximum Gasteiger partial charge on any atom is 0.233 e. The highest BCUT2D eigenvalue weighted by atomic mass is 32.2. The Morgan fingerprint density at radius 3 is 2.75 bits per heavy atom. The normalized spacial score (nSPS) is 23.0. The van der Waals surface area contributed by atoms with Gasteiger partial charge in [-0.25, -0.2) is 13.1 Å². The van der Waals surface area contributed by atoms with Crippen molar-refractivity contribution in [2.75, 3.05) is 32.9 Å². The number of likely N-dealkylation sites (N-methyl/N-ethyl adjacent to an activating group) is 1. The predicted molar refractivity (Wildman–Crippen MR) is 61.5 cm³/mol. The van der Waals surface area contributed by atoms with E-state index in [4.69, 9.17) is 0 Å². The fraction of sp³-hybridized carbons (Fsp3) is 0.889. The fourth-order valence-corrected chi connectivity index (χ4v) is 2.68. The molecular weight excluding hydrogens is 230 g/mol. The molecule has 2 N–H and O–H groups in total. The minimum Gasteiger partial charge on any atom is -0.358 e. The van der Waals surface area contributed by atoms with E-state index in [9.17, 15) is 13.2 Å². The highest BCUT2D eigenvalue weighted by Crippen LogP contribution is 2.10. The van der Waals surface area contributed by atoms with Crippen molar-refractivity contribution in [3.05, 3.63) is 0 Å². The molecule has 0 bridgehead atoms. The summed E-state index contributed by atoms with van der Waals surface area (Å²) in [5.74, 6) is -0.0417. The molecule has 1 atom stereocenters. The van der Waals surface area contributed by atoms with E-state index in [1.54, 1.807) is 7.05 Å². The van der Waals surface area contributed by atoms with Gasteiger partial charge in [0.05, 0.1) is 12.8 Å². The van der Waals surface area contributed by atoms with Crippen molar-refractivity contribution in [3.8, 4) is 0 Å². The van der Waals surface area contributed by atoms with E-state index in [1.807, 2.05) is 4.90 Å². The summed E-state index contributed by atoms with van der Waals surface area (Å²) >= 11 is 0. The Balaban J connectivity index is 2.44. The monoisotopic (exact) mass is 249 g/mol. The summed E-state index contributed by atoms with van der Waals surface area (Å²) in [6.45, 7) is 1.77. The Labute approximate surface area is 96.4 Å². The molecule has 1 saturated heterocycles. The number of sulfonamides is 1. The second-order valence-corrected chi connectivity index (χ2v) is 5.92. The Hall–Kier alpha value is -0.660. The predicted octanol–water partition coefficient (Wildman–Crippen LogP) is -1.25. The Morgan fingerprint density at radius 1 is 1.50 bits per heavy atom. The lowest BCUT2D eigenvalue weighted by Gasteiger charge is -2.31. The highest BCUT2D eigenvalue weighted by molar-refractivity contribution is 7.88. The molecule has 0 aromatic carbocycles. The summed E-state index contributed by atoms with van der Waals surface area (Å²) in [5.41, 5.74) is 0. The van der Waals surface area contributed by atoms with Crippen LogP contribution in [0.3, 0.4) is 0 Å². The van der Waals surface area contributed by atoms with Crippen molar-refractivity contribution in [2.45, 2.75) is 18.9 Å². The van der Waals surface area contributed by atoms with Crippen LogP contribution in [0, 0.1) is 0 Å². The van der Waals surface area contributed by atoms with Crippen molar-refractivity contribution in [2.24, 2.45) is 0 Å². The molecule has 16 heavy (non-hydrogen) atoms. The second-order valence-electron chi connectivity index (χ2n) is 4.14. The third-order valence-electron chi connectivity index (χ3n) is 2.53. The number of amides is 1. The topological polar surface area (TPSA) is 78.5 Å². The van der Waals surface area contributed by atoms with Gasteiger partial charge in [-0.3, -0.25) is 9.69 Å². The van der Waals surface area contributed by atoms with Gasteiger partial charge in [0.25, 0.3) is 0 Å². The van der Waals surface area contributed by atoms with Gasteiger partial charge < -0.3 is 5.32 Å². The van der Waals surface area contributed by atoms with Crippen LogP contribution in [0.4, 0.5) is 0 Å². The minimum absolute atomic E-state index is 0.0417. The van der Waals surface area contributed by atoms with E-state index in [0.29, 0.717) is 13.1 Å². The Kier molecular flexibility index (Phi) is 4.69. The van der Waals surface area contributed by atoms with Crippen LogP contribution in [-0.2, 0) is 14.8 Å². The summed E-state index contributed by atoms with van der Waals surface area (Å²) in [6, 6.07) is -0.0755. The van der Waals surface area contributed by atoms with Gasteiger partial charge in [-0.05, 0) is 19.4 Å². The van der Waals surface area contributed by atoms with Crippen LogP contribution in [0.2, 0.25) is 0 Å². The van der Waals surface area contributed by atoms with Gasteiger partial charge in [0.1, 0.15) is 0 Å². The first-order chi connectivity index (χ1) is 7.40. The first-order valence-electron chi connectivity index (χ1n) is 5.31. The highest BCUT2D eigenvalue weighted by Gasteiger charge is 2.23. The van der Waals surface area contributed by atoms with Crippen LogP contribution < -0.4 is 10.0 Å². The van der Waals surface area contributed by atoms with Gasteiger partial charge >= 0.3 is 0 Å². The zero-order chi connectivity index (χ0) is 12.2. The molecule has 0 radical (unpaired) electrons. The standard InChI is InChI=1S/C9H19N3O3S/c1-10-9(13)7-12-5-3-4-8(6-12)11-16(2,14)15/h8,11H,3-7H2,1-2H3,(H,10,13). The zero-order valence-corrected chi connectivity index (χ0v) is 10.5. The molecule has 1 rings (SSSR count). The fourth-order valence-electron chi connectivity index (χ4n) is 1.88. The van der Waals surface area contributed by atoms with Crippen molar-refractivity contribution in [1.29, 1.82) is 0 Å². The molecule has 1 fully saturated rings. The summed E-state index contributed by atoms with van der Waals surface area (Å²) in [7, 11) is -1.56. The minimum atomic E-state index is -3.16. The molecule has 94 valence electrons. The van der Waals surface area contributed by atoms with E-state index in [2.05, 4.69) is 10.0 Å². The molecule has 0 aromatic heterocycles. The molecule has 0 spiro atoms. The first-order valence-corrected chi connectivity index (χ1v) is 7.20. The lowest BCUT2D eigenvalue weighted by atomic mass is 10.1. The van der Waals surface area contributed by atoms with Crippen molar-refractivity contribution in [3.63, 3.8) is 0 Å². The number of hydrogen-bond acceptors (Lipinski definition) is 4. The number of carbonyl (C=O) groups excluding carboxylic acids is 1. The lowest BCUT2D eigenvalue weighted by molar-refractivity contribution is -0.122. The lowest BCUT2D eigenvalue weighted by Crippen LogP contribution is -2.49. The van der Waals surface area contributed by atoms with Crippen LogP contribution in [0.1, 0.15) is 12.8 Å². The molecule has 1 unspecified atom stereocenters. The molecule has 7 heteroatoms. The van der Waals surface area contributed by atoms with E-state index in [1.165, 1.54) is 0 Å². The van der Waals surface area contributed by atoms with E-state index >= 15 is 0 Å². The van der Waals surface area contributed by atoms with Gasteiger partial charge in [-0.15, -0.1) is 0 Å². The average molecular weight is 249 g/mol. The number of nitrogens with zero attached hydrogens (tertiary/aromatic N) is 1. The SMILES string of the molecule is CNC(=O)CN1CCCC(NS(C)(=O)=O)C1. The van der Waals surface area contributed by atoms with Gasteiger partial charge in [0.2, 0.25) is 15.9 Å². The molecule has 6 nitrogen and oxygen atoms in total. The van der Waals surface area contributed by atoms with Crippen LogP contribution in [-0.4, -0.2) is 58.2 Å². The number of hydrogen-bond donors (Lipinski definition) is 2. The molecule has 0 aromatic rings. The molecule has 1 amide bonds. The van der Waals surface area contributed by atoms with Gasteiger partial charge in [0, 0.05) is 19.6 Å². The zero-order valence-electron chi connectivity index (χ0n) is 9.69. The van der Waals surface area contributed by atoms with Gasteiger partial charge in [-0.1, -0.05) is 0 Å². The molecule has 1 heterocycles. The van der Waals surface area contributed by atoms with Crippen molar-refractivity contribution in [1.82, 2.24) is 14.9 Å². The molecule has 1 aliphatic rings. The van der Waals surface area contributed by atoms with Crippen LogP contribution in [0.5, 0.6) is 0 Å². The summed E-state index contributed by atoms with van der Waals surface area (Å²) < 4.78 is 24.7. The van der Waals surface area contributed by atoms with Crippen LogP contribution >= 0.6 is 0 Å². The largest absolute Gasteiger partial charge is 0.358 e. The van der Waals surface area contributed by atoms with E-state index in [-0.39, 0.29) is 11.9 Å². The quantitative estimate of drug-likeness (QED) is 0.652.